The highest BCUT2D eigenvalue weighted by Gasteiger charge is 2.09. The van der Waals surface area contributed by atoms with E-state index in [0.717, 1.165) is 12.1 Å². The van der Waals surface area contributed by atoms with Gasteiger partial charge >= 0.3 is 0 Å². The van der Waals surface area contributed by atoms with Crippen LogP contribution in [0.15, 0.2) is 30.3 Å². The van der Waals surface area contributed by atoms with Crippen LogP contribution in [0.1, 0.15) is 31.9 Å². The second-order valence-electron chi connectivity index (χ2n) is 4.07. The van der Waals surface area contributed by atoms with Crippen LogP contribution in [-0.4, -0.2) is 18.3 Å². The first-order valence-electron chi connectivity index (χ1n) is 5.67. The van der Waals surface area contributed by atoms with E-state index in [1.54, 1.807) is 0 Å². The van der Waals surface area contributed by atoms with Crippen LogP contribution in [0.5, 0.6) is 0 Å². The Morgan fingerprint density at radius 3 is 2.47 bits per heavy atom. The highest BCUT2D eigenvalue weighted by Crippen LogP contribution is 2.12. The zero-order valence-corrected chi connectivity index (χ0v) is 9.61. The molecule has 1 aromatic rings. The number of rotatable bonds is 6. The Balaban J connectivity index is 2.50. The lowest BCUT2D eigenvalue weighted by molar-refractivity contribution is 0.239. The minimum Gasteiger partial charge on any atom is -0.394 e. The van der Waals surface area contributed by atoms with Crippen molar-refractivity contribution in [2.24, 2.45) is 5.92 Å². The average Bonchev–Trinajstić information content (AvgIpc) is 2.31. The van der Waals surface area contributed by atoms with E-state index >= 15 is 0 Å². The molecule has 0 bridgehead atoms. The first-order chi connectivity index (χ1) is 7.27. The van der Waals surface area contributed by atoms with Crippen molar-refractivity contribution in [3.8, 4) is 0 Å². The fraction of sp³-hybridized carbons (Fsp3) is 0.538. The summed E-state index contributed by atoms with van der Waals surface area (Å²) >= 11 is 0. The molecule has 0 saturated heterocycles. The van der Waals surface area contributed by atoms with Gasteiger partial charge in [0.05, 0.1) is 12.6 Å². The highest BCUT2D eigenvalue weighted by molar-refractivity contribution is 5.18. The standard InChI is InChI=1S/C13H21NO/c1-3-11(2)9-14-13(10-15)12-7-5-4-6-8-12/h4-8,11,13-15H,3,9-10H2,1-2H3/t11?,13-/m0/s1. The van der Waals surface area contributed by atoms with E-state index in [1.165, 1.54) is 6.42 Å². The Morgan fingerprint density at radius 2 is 1.93 bits per heavy atom. The summed E-state index contributed by atoms with van der Waals surface area (Å²) in [6.07, 6.45) is 1.17. The normalized spacial score (nSPS) is 14.9. The lowest BCUT2D eigenvalue weighted by Crippen LogP contribution is -2.28. The van der Waals surface area contributed by atoms with Crippen LogP contribution >= 0.6 is 0 Å². The minimum atomic E-state index is 0.0696. The van der Waals surface area contributed by atoms with E-state index in [1.807, 2.05) is 30.3 Å². The van der Waals surface area contributed by atoms with Crippen LogP contribution in [0, 0.1) is 5.92 Å². The average molecular weight is 207 g/mol. The van der Waals surface area contributed by atoms with Crippen molar-refractivity contribution in [1.29, 1.82) is 0 Å². The number of hydrogen-bond acceptors (Lipinski definition) is 2. The molecule has 2 nitrogen and oxygen atoms in total. The summed E-state index contributed by atoms with van der Waals surface area (Å²) < 4.78 is 0. The van der Waals surface area contributed by atoms with Gasteiger partial charge < -0.3 is 10.4 Å². The second-order valence-corrected chi connectivity index (χ2v) is 4.07. The molecule has 0 aromatic heterocycles. The Kier molecular flexibility index (Phi) is 5.37. The fourth-order valence-electron chi connectivity index (χ4n) is 1.46. The van der Waals surface area contributed by atoms with E-state index < -0.39 is 0 Å². The van der Waals surface area contributed by atoms with Crippen molar-refractivity contribution in [3.05, 3.63) is 35.9 Å². The minimum absolute atomic E-state index is 0.0696. The Hall–Kier alpha value is -0.860. The zero-order valence-electron chi connectivity index (χ0n) is 9.61. The van der Waals surface area contributed by atoms with Crippen LogP contribution in [-0.2, 0) is 0 Å². The van der Waals surface area contributed by atoms with Crippen LogP contribution in [0.4, 0.5) is 0 Å². The topological polar surface area (TPSA) is 32.3 Å². The molecule has 1 aromatic carbocycles. The van der Waals surface area contributed by atoms with Crippen molar-refractivity contribution in [3.63, 3.8) is 0 Å². The Morgan fingerprint density at radius 1 is 1.27 bits per heavy atom. The van der Waals surface area contributed by atoms with Gasteiger partial charge in [0.1, 0.15) is 0 Å². The van der Waals surface area contributed by atoms with E-state index in [4.69, 9.17) is 0 Å². The van der Waals surface area contributed by atoms with Gasteiger partial charge in [-0.25, -0.2) is 0 Å². The summed E-state index contributed by atoms with van der Waals surface area (Å²) in [6, 6.07) is 10.2. The SMILES string of the molecule is CCC(C)CN[C@@H](CO)c1ccccc1. The van der Waals surface area contributed by atoms with Gasteiger partial charge in [0, 0.05) is 0 Å². The van der Waals surface area contributed by atoms with Crippen LogP contribution in [0.25, 0.3) is 0 Å². The number of aliphatic hydroxyl groups excluding tert-OH is 1. The molecule has 0 aliphatic heterocycles. The van der Waals surface area contributed by atoms with Crippen molar-refractivity contribution < 1.29 is 5.11 Å². The molecule has 1 unspecified atom stereocenters. The monoisotopic (exact) mass is 207 g/mol. The summed E-state index contributed by atoms with van der Waals surface area (Å²) in [7, 11) is 0. The smallest absolute Gasteiger partial charge is 0.0626 e. The molecule has 15 heavy (non-hydrogen) atoms. The van der Waals surface area contributed by atoms with Crippen molar-refractivity contribution in [2.75, 3.05) is 13.2 Å². The van der Waals surface area contributed by atoms with Crippen LogP contribution in [0.3, 0.4) is 0 Å². The third kappa shape index (κ3) is 4.02. The maximum absolute atomic E-state index is 9.30. The quantitative estimate of drug-likeness (QED) is 0.750. The van der Waals surface area contributed by atoms with Crippen LogP contribution < -0.4 is 5.32 Å². The fourth-order valence-corrected chi connectivity index (χ4v) is 1.46. The van der Waals surface area contributed by atoms with Gasteiger partial charge in [-0.1, -0.05) is 50.6 Å². The predicted octanol–water partition coefficient (Wildman–Crippen LogP) is 2.36. The maximum Gasteiger partial charge on any atom is 0.0626 e. The molecular formula is C13H21NO. The van der Waals surface area contributed by atoms with E-state index in [-0.39, 0.29) is 12.6 Å². The molecule has 1 rings (SSSR count). The molecule has 0 heterocycles. The number of hydrogen-bond donors (Lipinski definition) is 2. The molecule has 0 spiro atoms. The third-order valence-electron chi connectivity index (χ3n) is 2.79. The first kappa shape index (κ1) is 12.2. The molecular weight excluding hydrogens is 186 g/mol. The predicted molar refractivity (Wildman–Crippen MR) is 63.7 cm³/mol. The molecule has 0 saturated carbocycles. The maximum atomic E-state index is 9.30. The van der Waals surface area contributed by atoms with Gasteiger partial charge in [0.15, 0.2) is 0 Å². The van der Waals surface area contributed by atoms with E-state index in [0.29, 0.717) is 5.92 Å². The van der Waals surface area contributed by atoms with E-state index in [2.05, 4.69) is 19.2 Å². The molecule has 2 atom stereocenters. The van der Waals surface area contributed by atoms with Crippen LogP contribution in [0.2, 0.25) is 0 Å². The van der Waals surface area contributed by atoms with Crippen molar-refractivity contribution in [2.45, 2.75) is 26.3 Å². The highest BCUT2D eigenvalue weighted by atomic mass is 16.3. The molecule has 84 valence electrons. The first-order valence-corrected chi connectivity index (χ1v) is 5.67. The summed E-state index contributed by atoms with van der Waals surface area (Å²) in [4.78, 5) is 0. The Bertz CT molecular complexity index is 260. The van der Waals surface area contributed by atoms with Gasteiger partial charge in [-0.3, -0.25) is 0 Å². The van der Waals surface area contributed by atoms with E-state index in [9.17, 15) is 5.11 Å². The van der Waals surface area contributed by atoms with Crippen molar-refractivity contribution in [1.82, 2.24) is 5.32 Å². The Labute approximate surface area is 92.3 Å². The van der Waals surface area contributed by atoms with Crippen molar-refractivity contribution >= 4 is 0 Å². The number of aliphatic hydroxyl groups is 1. The molecule has 0 aliphatic carbocycles. The molecule has 0 radical (unpaired) electrons. The summed E-state index contributed by atoms with van der Waals surface area (Å²) in [5.41, 5.74) is 1.16. The zero-order chi connectivity index (χ0) is 11.1. The van der Waals surface area contributed by atoms with Gasteiger partial charge in [-0.05, 0) is 18.0 Å². The van der Waals surface area contributed by atoms with Gasteiger partial charge in [0.25, 0.3) is 0 Å². The van der Waals surface area contributed by atoms with Gasteiger partial charge in [-0.15, -0.1) is 0 Å². The molecule has 0 fully saturated rings. The lowest BCUT2D eigenvalue weighted by atomic mass is 10.1. The van der Waals surface area contributed by atoms with Gasteiger partial charge in [0.2, 0.25) is 0 Å². The molecule has 0 aliphatic rings. The summed E-state index contributed by atoms with van der Waals surface area (Å²) in [5, 5.41) is 12.7. The third-order valence-corrected chi connectivity index (χ3v) is 2.79. The van der Waals surface area contributed by atoms with Gasteiger partial charge in [-0.2, -0.15) is 0 Å². The number of nitrogens with one attached hydrogen (secondary N) is 1. The summed E-state index contributed by atoms with van der Waals surface area (Å²) in [6.45, 7) is 5.51. The number of benzene rings is 1. The molecule has 0 amide bonds. The lowest BCUT2D eigenvalue weighted by Gasteiger charge is -2.19. The molecule has 2 heteroatoms. The molecule has 2 N–H and O–H groups in total. The largest absolute Gasteiger partial charge is 0.394 e. The second kappa shape index (κ2) is 6.59. The summed E-state index contributed by atoms with van der Waals surface area (Å²) in [5.74, 6) is 0.655.